The highest BCUT2D eigenvalue weighted by Gasteiger charge is 2.30. The lowest BCUT2D eigenvalue weighted by Crippen LogP contribution is -2.46. The van der Waals surface area contributed by atoms with Crippen molar-refractivity contribution in [1.82, 2.24) is 0 Å². The number of carbonyl (C=O) groups is 3. The maximum absolute atomic E-state index is 11.4. The molecule has 0 unspecified atom stereocenters. The zero-order valence-electron chi connectivity index (χ0n) is 12.5. The molecule has 132 valence electrons. The van der Waals surface area contributed by atoms with E-state index in [2.05, 4.69) is 16.1 Å². The lowest BCUT2D eigenvalue weighted by atomic mass is 10.0. The van der Waals surface area contributed by atoms with Gasteiger partial charge in [0.05, 0.1) is 6.26 Å². The van der Waals surface area contributed by atoms with Crippen LogP contribution in [0.5, 0.6) is 0 Å². The molecule has 0 bridgehead atoms. The van der Waals surface area contributed by atoms with Gasteiger partial charge in [-0.1, -0.05) is 6.58 Å². The fraction of sp³-hybridized carbons (Fsp3) is 0.643. The van der Waals surface area contributed by atoms with Gasteiger partial charge in [-0.3, -0.25) is 9.59 Å². The zero-order valence-corrected chi connectivity index (χ0v) is 12.5. The van der Waals surface area contributed by atoms with Crippen LogP contribution in [0.1, 0.15) is 25.7 Å². The lowest BCUT2D eigenvalue weighted by molar-refractivity contribution is -0.156. The van der Waals surface area contributed by atoms with Crippen LogP contribution in [0, 0.1) is 0 Å². The van der Waals surface area contributed by atoms with E-state index in [1.165, 1.54) is 0 Å². The smallest absolute Gasteiger partial charge is 0.310 e. The highest BCUT2D eigenvalue weighted by Crippen LogP contribution is 2.07. The second kappa shape index (κ2) is 11.7. The first kappa shape index (κ1) is 21.2. The van der Waals surface area contributed by atoms with Crippen molar-refractivity contribution in [3.8, 4) is 0 Å². The van der Waals surface area contributed by atoms with Gasteiger partial charge in [0.15, 0.2) is 6.29 Å². The van der Waals surface area contributed by atoms with E-state index in [9.17, 15) is 29.7 Å². The summed E-state index contributed by atoms with van der Waals surface area (Å²) in [5.74, 6) is -1.13. The normalized spacial score (nSPS) is 15.8. The number of ether oxygens (including phenoxy) is 2. The van der Waals surface area contributed by atoms with E-state index in [4.69, 9.17) is 5.11 Å². The summed E-state index contributed by atoms with van der Waals surface area (Å²) >= 11 is 0. The lowest BCUT2D eigenvalue weighted by Gasteiger charge is -2.23. The number of rotatable bonds is 12. The molecule has 0 saturated carbocycles. The molecular weight excluding hydrogens is 312 g/mol. The molecule has 9 heteroatoms. The van der Waals surface area contributed by atoms with Crippen molar-refractivity contribution in [3.63, 3.8) is 0 Å². The van der Waals surface area contributed by atoms with Crippen molar-refractivity contribution in [2.75, 3.05) is 6.61 Å². The third-order valence-corrected chi connectivity index (χ3v) is 2.88. The molecule has 0 aliphatic rings. The van der Waals surface area contributed by atoms with Crippen molar-refractivity contribution < 1.29 is 44.3 Å². The Balaban J connectivity index is 3.93. The highest BCUT2D eigenvalue weighted by atomic mass is 16.5. The van der Waals surface area contributed by atoms with Crippen LogP contribution in [-0.4, -0.2) is 69.7 Å². The summed E-state index contributed by atoms with van der Waals surface area (Å²) in [5, 5.41) is 37.3. The molecule has 0 amide bonds. The summed E-state index contributed by atoms with van der Waals surface area (Å²) in [6.07, 6.45) is -5.37. The number of unbranched alkanes of at least 4 members (excludes halogenated alkanes) is 1. The van der Waals surface area contributed by atoms with Crippen LogP contribution in [0.4, 0.5) is 0 Å². The standard InChI is InChI=1S/C14H22O9/c1-2-22-11(18)5-3-4-6-12(19)23-8-10(17)14(21)13(20)9(16)7-15/h2,7,9-10,13-14,16-17,20-21H,1,3-6,8H2/t9-,10+,13+,14+/m1/s1. The Morgan fingerprint density at radius 3 is 2.09 bits per heavy atom. The summed E-state index contributed by atoms with van der Waals surface area (Å²) in [4.78, 5) is 32.6. The van der Waals surface area contributed by atoms with Gasteiger partial charge in [-0.15, -0.1) is 0 Å². The number of hydrogen-bond donors (Lipinski definition) is 4. The predicted molar refractivity (Wildman–Crippen MR) is 75.8 cm³/mol. The minimum absolute atomic E-state index is 0.00396. The number of aldehydes is 1. The van der Waals surface area contributed by atoms with Crippen LogP contribution < -0.4 is 0 Å². The van der Waals surface area contributed by atoms with Crippen LogP contribution in [0.15, 0.2) is 12.8 Å². The van der Waals surface area contributed by atoms with Crippen LogP contribution in [0.3, 0.4) is 0 Å². The monoisotopic (exact) mass is 334 g/mol. The maximum Gasteiger partial charge on any atom is 0.310 e. The molecule has 0 saturated heterocycles. The summed E-state index contributed by atoms with van der Waals surface area (Å²) in [7, 11) is 0. The molecule has 0 aliphatic heterocycles. The predicted octanol–water partition coefficient (Wildman–Crippen LogP) is -1.58. The first-order valence-corrected chi connectivity index (χ1v) is 6.97. The van der Waals surface area contributed by atoms with Crippen LogP contribution >= 0.6 is 0 Å². The quantitative estimate of drug-likeness (QED) is 0.143. The fourth-order valence-electron chi connectivity index (χ4n) is 1.55. The molecule has 9 nitrogen and oxygen atoms in total. The van der Waals surface area contributed by atoms with Crippen molar-refractivity contribution in [2.45, 2.75) is 50.1 Å². The molecule has 0 spiro atoms. The van der Waals surface area contributed by atoms with Crippen molar-refractivity contribution >= 4 is 18.2 Å². The third-order valence-electron chi connectivity index (χ3n) is 2.88. The minimum atomic E-state index is -1.89. The number of hydrogen-bond acceptors (Lipinski definition) is 9. The molecule has 0 radical (unpaired) electrons. The Morgan fingerprint density at radius 2 is 1.57 bits per heavy atom. The number of aliphatic hydroxyl groups excluding tert-OH is 4. The molecule has 0 rings (SSSR count). The Hall–Kier alpha value is -1.81. The van der Waals surface area contributed by atoms with Gasteiger partial charge in [-0.05, 0) is 12.8 Å². The molecule has 0 fully saturated rings. The SMILES string of the molecule is C=COC(=O)CCCCC(=O)OC[C@H](O)[C@H](O)[C@@H](O)[C@H](O)C=O. The van der Waals surface area contributed by atoms with Gasteiger partial charge in [-0.25, -0.2) is 0 Å². The van der Waals surface area contributed by atoms with Gasteiger partial charge in [0.25, 0.3) is 0 Å². The molecule has 0 aromatic rings. The Bertz CT molecular complexity index is 396. The summed E-state index contributed by atoms with van der Waals surface area (Å²) in [5.41, 5.74) is 0. The van der Waals surface area contributed by atoms with E-state index in [1.807, 2.05) is 0 Å². The molecule has 4 atom stereocenters. The average molecular weight is 334 g/mol. The average Bonchev–Trinajstić information content (AvgIpc) is 2.54. The van der Waals surface area contributed by atoms with Crippen LogP contribution in [0.25, 0.3) is 0 Å². The first-order valence-electron chi connectivity index (χ1n) is 6.97. The van der Waals surface area contributed by atoms with Crippen LogP contribution in [-0.2, 0) is 23.9 Å². The zero-order chi connectivity index (χ0) is 17.8. The Morgan fingerprint density at radius 1 is 1.00 bits per heavy atom. The van der Waals surface area contributed by atoms with E-state index in [-0.39, 0.29) is 19.1 Å². The summed E-state index contributed by atoms with van der Waals surface area (Å²) in [6.45, 7) is 2.62. The maximum atomic E-state index is 11.4. The molecule has 23 heavy (non-hydrogen) atoms. The fourth-order valence-corrected chi connectivity index (χ4v) is 1.55. The van der Waals surface area contributed by atoms with E-state index in [1.54, 1.807) is 0 Å². The van der Waals surface area contributed by atoms with Crippen molar-refractivity contribution in [3.05, 3.63) is 12.8 Å². The summed E-state index contributed by atoms with van der Waals surface area (Å²) < 4.78 is 9.16. The molecule has 0 aromatic carbocycles. The summed E-state index contributed by atoms with van der Waals surface area (Å²) in [6, 6.07) is 0. The topological polar surface area (TPSA) is 151 Å². The number of aliphatic hydroxyl groups is 4. The second-order valence-electron chi connectivity index (χ2n) is 4.72. The molecular formula is C14H22O9. The highest BCUT2D eigenvalue weighted by molar-refractivity contribution is 5.70. The van der Waals surface area contributed by atoms with E-state index in [0.29, 0.717) is 12.8 Å². The van der Waals surface area contributed by atoms with Gasteiger partial charge >= 0.3 is 11.9 Å². The molecule has 0 aliphatic carbocycles. The molecule has 0 heterocycles. The second-order valence-corrected chi connectivity index (χ2v) is 4.72. The van der Waals surface area contributed by atoms with Gasteiger partial charge < -0.3 is 34.7 Å². The molecule has 0 aromatic heterocycles. The minimum Gasteiger partial charge on any atom is -0.463 e. The number of esters is 2. The Kier molecular flexibility index (Phi) is 10.8. The van der Waals surface area contributed by atoms with Gasteiger partial charge in [0.2, 0.25) is 0 Å². The third kappa shape index (κ3) is 9.04. The Labute approximate surface area is 133 Å². The first-order chi connectivity index (χ1) is 10.8. The number of carbonyl (C=O) groups excluding carboxylic acids is 3. The van der Waals surface area contributed by atoms with E-state index >= 15 is 0 Å². The largest absolute Gasteiger partial charge is 0.463 e. The van der Waals surface area contributed by atoms with Crippen molar-refractivity contribution in [1.29, 1.82) is 0 Å². The van der Waals surface area contributed by atoms with Crippen LogP contribution in [0.2, 0.25) is 0 Å². The molecule has 4 N–H and O–H groups in total. The van der Waals surface area contributed by atoms with Gasteiger partial charge in [0, 0.05) is 12.8 Å². The van der Waals surface area contributed by atoms with Crippen molar-refractivity contribution in [2.24, 2.45) is 0 Å². The van der Waals surface area contributed by atoms with E-state index < -0.39 is 43.0 Å². The van der Waals surface area contributed by atoms with E-state index in [0.717, 1.165) is 6.26 Å². The van der Waals surface area contributed by atoms with Gasteiger partial charge in [-0.2, -0.15) is 0 Å². The van der Waals surface area contributed by atoms with Gasteiger partial charge in [0.1, 0.15) is 31.0 Å².